The van der Waals surface area contributed by atoms with Gasteiger partial charge in [-0.25, -0.2) is 0 Å². The van der Waals surface area contributed by atoms with E-state index in [0.29, 0.717) is 25.7 Å². The van der Waals surface area contributed by atoms with Crippen LogP contribution in [0.15, 0.2) is 122 Å². The lowest BCUT2D eigenvalue weighted by molar-refractivity contribution is -0.166. The second kappa shape index (κ2) is 60.4. The van der Waals surface area contributed by atoms with Crippen LogP contribution in [0.4, 0.5) is 0 Å². The Morgan fingerprint density at radius 3 is 0.986 bits per heavy atom. The van der Waals surface area contributed by atoms with Gasteiger partial charge in [-0.1, -0.05) is 245 Å². The highest BCUT2D eigenvalue weighted by atomic mass is 16.6. The summed E-state index contributed by atoms with van der Waals surface area (Å²) in [5.41, 5.74) is 0. The van der Waals surface area contributed by atoms with Crippen LogP contribution in [-0.4, -0.2) is 37.2 Å². The van der Waals surface area contributed by atoms with Gasteiger partial charge in [0.2, 0.25) is 0 Å². The van der Waals surface area contributed by atoms with E-state index in [2.05, 4.69) is 136 Å². The molecule has 6 nitrogen and oxygen atoms in total. The van der Waals surface area contributed by atoms with Crippen LogP contribution in [0.2, 0.25) is 0 Å². The third kappa shape index (κ3) is 58.6. The van der Waals surface area contributed by atoms with Crippen LogP contribution in [0, 0.1) is 0 Å². The lowest BCUT2D eigenvalue weighted by atomic mass is 10.0. The second-order valence-electron chi connectivity index (χ2n) is 19.5. The molecular weight excluding hydrogens is 901 g/mol. The van der Waals surface area contributed by atoms with Crippen molar-refractivity contribution in [3.05, 3.63) is 122 Å². The van der Waals surface area contributed by atoms with Gasteiger partial charge in [-0.05, 0) is 122 Å². The molecule has 0 heterocycles. The molecule has 0 aromatic carbocycles. The minimum absolute atomic E-state index is 0.125. The number of carbonyl (C=O) groups is 3. The summed E-state index contributed by atoms with van der Waals surface area (Å²) in [4.78, 5) is 38.2. The zero-order chi connectivity index (χ0) is 52.9. The lowest BCUT2D eigenvalue weighted by Gasteiger charge is -2.18. The Hall–Kier alpha value is -4.19. The van der Waals surface area contributed by atoms with Gasteiger partial charge in [0.1, 0.15) is 13.2 Å². The number of ether oxygens (including phenoxy) is 3. The molecule has 0 aliphatic rings. The zero-order valence-electron chi connectivity index (χ0n) is 47.4. The Morgan fingerprint density at radius 1 is 0.288 bits per heavy atom. The van der Waals surface area contributed by atoms with Crippen LogP contribution in [0.3, 0.4) is 0 Å². The van der Waals surface area contributed by atoms with Crippen LogP contribution in [-0.2, 0) is 28.6 Å². The maximum Gasteiger partial charge on any atom is 0.306 e. The van der Waals surface area contributed by atoms with E-state index in [1.165, 1.54) is 128 Å². The number of hydrogen-bond acceptors (Lipinski definition) is 6. The van der Waals surface area contributed by atoms with E-state index in [9.17, 15) is 14.4 Å². The molecule has 0 spiro atoms. The van der Waals surface area contributed by atoms with E-state index in [-0.39, 0.29) is 37.5 Å². The van der Waals surface area contributed by atoms with E-state index >= 15 is 0 Å². The molecular formula is C67H110O6. The molecule has 6 heteroatoms. The summed E-state index contributed by atoms with van der Waals surface area (Å²) >= 11 is 0. The first-order valence-electron chi connectivity index (χ1n) is 30.0. The predicted octanol–water partition coefficient (Wildman–Crippen LogP) is 20.4. The van der Waals surface area contributed by atoms with Gasteiger partial charge in [0.15, 0.2) is 6.10 Å². The smallest absolute Gasteiger partial charge is 0.306 e. The van der Waals surface area contributed by atoms with Crippen molar-refractivity contribution < 1.29 is 28.6 Å². The topological polar surface area (TPSA) is 78.9 Å². The van der Waals surface area contributed by atoms with E-state index in [4.69, 9.17) is 14.2 Å². The van der Waals surface area contributed by atoms with E-state index in [0.717, 1.165) is 83.5 Å². The molecule has 0 rings (SSSR count). The average Bonchev–Trinajstić information content (AvgIpc) is 3.39. The maximum absolute atomic E-state index is 12.9. The van der Waals surface area contributed by atoms with Crippen LogP contribution in [0.25, 0.3) is 0 Å². The van der Waals surface area contributed by atoms with Crippen molar-refractivity contribution in [3.63, 3.8) is 0 Å². The summed E-state index contributed by atoms with van der Waals surface area (Å²) < 4.78 is 16.8. The summed E-state index contributed by atoms with van der Waals surface area (Å²) in [5.74, 6) is -1.05. The molecule has 0 bridgehead atoms. The van der Waals surface area contributed by atoms with Crippen molar-refractivity contribution in [2.45, 2.75) is 271 Å². The number of hydrogen-bond donors (Lipinski definition) is 0. The fraction of sp³-hybridized carbons (Fsp3) is 0.657. The van der Waals surface area contributed by atoms with Crippen LogP contribution >= 0.6 is 0 Å². The molecule has 1 atom stereocenters. The third-order valence-corrected chi connectivity index (χ3v) is 12.4. The molecule has 414 valence electrons. The summed E-state index contributed by atoms with van der Waals surface area (Å²) in [6, 6.07) is 0. The first kappa shape index (κ1) is 68.8. The Bertz CT molecular complexity index is 1540. The second-order valence-corrected chi connectivity index (χ2v) is 19.5. The average molecular weight is 1010 g/mol. The molecule has 0 aromatic rings. The summed E-state index contributed by atoms with van der Waals surface area (Å²) in [6.07, 6.45) is 83.5. The minimum atomic E-state index is -0.829. The normalized spacial score (nSPS) is 13.0. The number of allylic oxidation sites excluding steroid dienone is 20. The minimum Gasteiger partial charge on any atom is -0.462 e. The Balaban J connectivity index is 4.53. The van der Waals surface area contributed by atoms with E-state index < -0.39 is 6.10 Å². The maximum atomic E-state index is 12.9. The van der Waals surface area contributed by atoms with E-state index in [1.807, 2.05) is 6.08 Å². The first-order valence-corrected chi connectivity index (χ1v) is 30.0. The monoisotopic (exact) mass is 1010 g/mol. The van der Waals surface area contributed by atoms with Crippen molar-refractivity contribution in [2.24, 2.45) is 0 Å². The third-order valence-electron chi connectivity index (χ3n) is 12.4. The van der Waals surface area contributed by atoms with E-state index in [1.54, 1.807) is 0 Å². The molecule has 0 amide bonds. The molecule has 0 saturated heterocycles. The van der Waals surface area contributed by atoms with Gasteiger partial charge < -0.3 is 14.2 Å². The Kier molecular flexibility index (Phi) is 56.9. The molecule has 0 aromatic heterocycles. The number of rotatable bonds is 53. The van der Waals surface area contributed by atoms with Crippen LogP contribution < -0.4 is 0 Å². The summed E-state index contributed by atoms with van der Waals surface area (Å²) in [6.45, 7) is 6.40. The van der Waals surface area contributed by atoms with Crippen LogP contribution in [0.1, 0.15) is 265 Å². The van der Waals surface area contributed by atoms with Crippen LogP contribution in [0.5, 0.6) is 0 Å². The fourth-order valence-electron chi connectivity index (χ4n) is 7.94. The van der Waals surface area contributed by atoms with Crippen molar-refractivity contribution in [3.8, 4) is 0 Å². The molecule has 0 N–H and O–H groups in total. The Morgan fingerprint density at radius 2 is 0.562 bits per heavy atom. The summed E-state index contributed by atoms with van der Waals surface area (Å²) in [7, 11) is 0. The highest BCUT2D eigenvalue weighted by Gasteiger charge is 2.19. The van der Waals surface area contributed by atoms with Gasteiger partial charge in [-0.3, -0.25) is 14.4 Å². The molecule has 0 saturated carbocycles. The summed E-state index contributed by atoms with van der Waals surface area (Å²) in [5, 5.41) is 0. The molecule has 0 radical (unpaired) electrons. The zero-order valence-corrected chi connectivity index (χ0v) is 47.4. The number of carbonyl (C=O) groups excluding carboxylic acids is 3. The quantitative estimate of drug-likeness (QED) is 0.0261. The molecule has 0 unspecified atom stereocenters. The molecule has 0 fully saturated rings. The van der Waals surface area contributed by atoms with Gasteiger partial charge in [0, 0.05) is 19.3 Å². The molecule has 0 aliphatic heterocycles. The fourth-order valence-corrected chi connectivity index (χ4v) is 7.94. The Labute approximate surface area is 450 Å². The predicted molar refractivity (Wildman–Crippen MR) is 316 cm³/mol. The van der Waals surface area contributed by atoms with Crippen molar-refractivity contribution in [1.82, 2.24) is 0 Å². The highest BCUT2D eigenvalue weighted by Crippen LogP contribution is 2.15. The standard InChI is InChI=1S/C67H110O6/c1-4-7-10-13-16-19-22-25-28-30-32-33-35-37-40-43-46-49-52-55-58-61-67(70)73-64(62-71-65(68)59-56-53-50-47-44-41-38-27-24-21-18-15-12-9-6-3)63-72-66(69)60-57-54-51-48-45-42-39-36-34-31-29-26-23-20-17-14-11-8-5-2/h9,12,17-18,20-21,25-29,34,36,38,42,44-45,47,51,54,64H,4-8,10-11,13-16,19,22-24,30-33,35,37,39-41,43,46,48-50,52-53,55-63H2,1-3H3/b12-9-,20-17-,21-18-,28-25-,29-26-,36-34-,38-27-,45-42-,47-44-,54-51-/t64-/m1/s1. The van der Waals surface area contributed by atoms with Crippen molar-refractivity contribution in [2.75, 3.05) is 13.2 Å². The van der Waals surface area contributed by atoms with Gasteiger partial charge >= 0.3 is 17.9 Å². The molecule has 0 aliphatic carbocycles. The first-order chi connectivity index (χ1) is 36.0. The van der Waals surface area contributed by atoms with Gasteiger partial charge in [-0.15, -0.1) is 0 Å². The van der Waals surface area contributed by atoms with Crippen molar-refractivity contribution in [1.29, 1.82) is 0 Å². The van der Waals surface area contributed by atoms with Gasteiger partial charge in [-0.2, -0.15) is 0 Å². The van der Waals surface area contributed by atoms with Gasteiger partial charge in [0.05, 0.1) is 0 Å². The number of unbranched alkanes of at least 4 members (excludes halogenated alkanes) is 22. The SMILES string of the molecule is CC/C=C\C/C=C\C/C=C\C/C=C\CCCCC(=O)OC[C@H](COC(=O)CC/C=C\C/C=C\C/C=C\C/C=C\C/C=C\CCCCC)OC(=O)CCCCCCCCCCCCC/C=C\CCCCCCCC. The molecule has 73 heavy (non-hydrogen) atoms. The number of esters is 3. The lowest BCUT2D eigenvalue weighted by Crippen LogP contribution is -2.30. The largest absolute Gasteiger partial charge is 0.462 e. The van der Waals surface area contributed by atoms with Crippen molar-refractivity contribution >= 4 is 17.9 Å². The highest BCUT2D eigenvalue weighted by molar-refractivity contribution is 5.71. The van der Waals surface area contributed by atoms with Gasteiger partial charge in [0.25, 0.3) is 0 Å².